The Balaban J connectivity index is 0.000000479. The van der Waals surface area contributed by atoms with E-state index in [9.17, 15) is 28.8 Å². The van der Waals surface area contributed by atoms with Crippen LogP contribution in [0.15, 0.2) is 29.0 Å². The summed E-state index contributed by atoms with van der Waals surface area (Å²) in [5, 5.41) is 30.8. The molecule has 5 atom stereocenters. The molecule has 1 unspecified atom stereocenters. The van der Waals surface area contributed by atoms with Gasteiger partial charge in [0.25, 0.3) is 0 Å². The van der Waals surface area contributed by atoms with E-state index in [2.05, 4.69) is 10.0 Å². The van der Waals surface area contributed by atoms with Crippen LogP contribution in [0.1, 0.15) is 40.0 Å². The first-order valence-electron chi connectivity index (χ1n) is 11.6. The van der Waals surface area contributed by atoms with E-state index < -0.39 is 85.2 Å². The normalized spacial score (nSPS) is 23.2. The summed E-state index contributed by atoms with van der Waals surface area (Å²) in [6, 6.07) is -1.15. The SMILES string of the molecule is CC(=O)OC1=COCC(OC(C)=O)=C1.CC(=O)OC[C@@H]1OC(CC(=O)O)[C@H](CC(=O)O)[C@H](N=[N+]=[N-])[C@H]1CC(=O)O. The van der Waals surface area contributed by atoms with Crippen molar-refractivity contribution in [3.63, 3.8) is 0 Å². The van der Waals surface area contributed by atoms with Crippen molar-refractivity contribution < 1.29 is 67.8 Å². The molecule has 2 rings (SSSR count). The molecule has 0 aromatic heterocycles. The summed E-state index contributed by atoms with van der Waals surface area (Å²) in [7, 11) is 0. The number of nitrogens with zero attached hydrogens (tertiary/aromatic N) is 3. The summed E-state index contributed by atoms with van der Waals surface area (Å²) >= 11 is 0. The summed E-state index contributed by atoms with van der Waals surface area (Å²) in [5.41, 5.74) is 8.82. The molecule has 0 aromatic carbocycles. The lowest BCUT2D eigenvalue weighted by Gasteiger charge is -2.44. The highest BCUT2D eigenvalue weighted by atomic mass is 16.6. The Kier molecular flexibility index (Phi) is 13.7. The van der Waals surface area contributed by atoms with Crippen molar-refractivity contribution in [1.29, 1.82) is 0 Å². The molecule has 0 aliphatic carbocycles. The molecule has 0 radical (unpaired) electrons. The smallest absolute Gasteiger partial charge is 0.308 e. The number of carboxylic acid groups (broad SMARTS) is 3. The number of carbonyl (C=O) groups excluding carboxylic acids is 3. The maximum atomic E-state index is 11.2. The van der Waals surface area contributed by atoms with Gasteiger partial charge in [-0.3, -0.25) is 28.8 Å². The first kappa shape index (κ1) is 33.4. The van der Waals surface area contributed by atoms with Crippen LogP contribution in [0, 0.1) is 11.8 Å². The van der Waals surface area contributed by atoms with Crippen LogP contribution < -0.4 is 0 Å². The molecule has 0 aromatic rings. The predicted molar refractivity (Wildman–Crippen MR) is 128 cm³/mol. The van der Waals surface area contributed by atoms with E-state index in [1.807, 2.05) is 0 Å². The predicted octanol–water partition coefficient (Wildman–Crippen LogP) is 1.52. The van der Waals surface area contributed by atoms with Crippen molar-refractivity contribution >= 4 is 35.8 Å². The van der Waals surface area contributed by atoms with Gasteiger partial charge in [-0.25, -0.2) is 0 Å². The second kappa shape index (κ2) is 16.4. The van der Waals surface area contributed by atoms with E-state index in [-0.39, 0.29) is 19.0 Å². The highest BCUT2D eigenvalue weighted by Gasteiger charge is 2.47. The molecule has 1 fully saturated rings. The van der Waals surface area contributed by atoms with Crippen molar-refractivity contribution in [3.05, 3.63) is 34.3 Å². The minimum absolute atomic E-state index is 0.157. The molecule has 17 nitrogen and oxygen atoms in total. The number of allylic oxidation sites excluding steroid dienone is 1. The summed E-state index contributed by atoms with van der Waals surface area (Å²) < 4.78 is 24.8. The third kappa shape index (κ3) is 12.3. The van der Waals surface area contributed by atoms with Crippen LogP contribution in [0.25, 0.3) is 10.4 Å². The molecular formula is C23H29N3O14. The third-order valence-corrected chi connectivity index (χ3v) is 5.28. The van der Waals surface area contributed by atoms with Crippen LogP contribution in [0.4, 0.5) is 0 Å². The average Bonchev–Trinajstić information content (AvgIpc) is 2.80. The molecule has 40 heavy (non-hydrogen) atoms. The fourth-order valence-corrected chi connectivity index (χ4v) is 3.96. The molecule has 0 amide bonds. The molecule has 2 aliphatic rings. The van der Waals surface area contributed by atoms with E-state index in [0.29, 0.717) is 5.76 Å². The maximum Gasteiger partial charge on any atom is 0.308 e. The van der Waals surface area contributed by atoms with Gasteiger partial charge >= 0.3 is 35.8 Å². The van der Waals surface area contributed by atoms with E-state index in [4.69, 9.17) is 44.5 Å². The topological polar surface area (TPSA) is 258 Å². The minimum atomic E-state index is -1.28. The average molecular weight is 571 g/mol. The number of carbonyl (C=O) groups is 6. The number of rotatable bonds is 11. The Morgan fingerprint density at radius 3 is 1.93 bits per heavy atom. The fraction of sp³-hybridized carbons (Fsp3) is 0.565. The number of aliphatic carboxylic acids is 3. The quantitative estimate of drug-likeness (QED) is 0.104. The number of ether oxygens (including phenoxy) is 5. The molecule has 0 bridgehead atoms. The summed E-state index contributed by atoms with van der Waals surface area (Å²) in [6.45, 7) is 3.46. The van der Waals surface area contributed by atoms with Gasteiger partial charge in [-0.1, -0.05) is 5.11 Å². The fourth-order valence-electron chi connectivity index (χ4n) is 3.96. The molecule has 17 heteroatoms. The third-order valence-electron chi connectivity index (χ3n) is 5.28. The lowest BCUT2D eigenvalue weighted by molar-refractivity contribution is -0.179. The summed E-state index contributed by atoms with van der Waals surface area (Å²) in [6.07, 6.45) is -1.17. The lowest BCUT2D eigenvalue weighted by atomic mass is 9.75. The number of azide groups is 1. The van der Waals surface area contributed by atoms with Crippen LogP contribution in [0.2, 0.25) is 0 Å². The van der Waals surface area contributed by atoms with Crippen molar-refractivity contribution in [2.45, 2.75) is 58.3 Å². The van der Waals surface area contributed by atoms with Crippen LogP contribution >= 0.6 is 0 Å². The van der Waals surface area contributed by atoms with Gasteiger partial charge < -0.3 is 39.0 Å². The van der Waals surface area contributed by atoms with Crippen LogP contribution in [-0.2, 0) is 52.5 Å². The Labute approximate surface area is 226 Å². The van der Waals surface area contributed by atoms with Crippen molar-refractivity contribution in [2.75, 3.05) is 13.2 Å². The zero-order chi connectivity index (χ0) is 30.4. The van der Waals surface area contributed by atoms with Crippen LogP contribution in [0.5, 0.6) is 0 Å². The van der Waals surface area contributed by atoms with Crippen molar-refractivity contribution in [3.8, 4) is 0 Å². The standard InChI is InChI=1S/C14H19N3O9.C9H10O5/c1-6(18)25-5-10-8(3-12(21)22)14(16-17-15)7(2-11(19)20)9(26-10)4-13(23)24;1-6(10)13-8-3-9(5-12-4-8)14-7(2)11/h7-10,14H,2-5H2,1H3,(H,19,20)(H,21,22)(H,23,24);3-4H,5H2,1-2H3/t7-,8-,9?,10-,14-;/m0./s1. The molecule has 0 spiro atoms. The number of hydrogen-bond donors (Lipinski definition) is 3. The van der Waals surface area contributed by atoms with E-state index in [1.165, 1.54) is 26.2 Å². The molecule has 220 valence electrons. The van der Waals surface area contributed by atoms with Gasteiger partial charge in [-0.15, -0.1) is 0 Å². The Bertz CT molecular complexity index is 1090. The molecule has 1 saturated heterocycles. The minimum Gasteiger partial charge on any atom is -0.489 e. The van der Waals surface area contributed by atoms with E-state index in [0.717, 1.165) is 6.92 Å². The molecule has 0 saturated carbocycles. The Morgan fingerprint density at radius 2 is 1.45 bits per heavy atom. The van der Waals surface area contributed by atoms with Gasteiger partial charge in [0, 0.05) is 49.6 Å². The molecule has 2 heterocycles. The zero-order valence-corrected chi connectivity index (χ0v) is 21.8. The second-order valence-electron chi connectivity index (χ2n) is 8.46. The first-order valence-corrected chi connectivity index (χ1v) is 11.6. The van der Waals surface area contributed by atoms with Crippen LogP contribution in [0.3, 0.4) is 0 Å². The van der Waals surface area contributed by atoms with Gasteiger partial charge in [0.1, 0.15) is 25.2 Å². The lowest BCUT2D eigenvalue weighted by Crippen LogP contribution is -2.53. The van der Waals surface area contributed by atoms with Gasteiger partial charge in [-0.05, 0) is 5.53 Å². The zero-order valence-electron chi connectivity index (χ0n) is 21.8. The molecule has 2 aliphatic heterocycles. The maximum absolute atomic E-state index is 11.2. The van der Waals surface area contributed by atoms with Gasteiger partial charge in [0.2, 0.25) is 0 Å². The largest absolute Gasteiger partial charge is 0.489 e. The summed E-state index contributed by atoms with van der Waals surface area (Å²) in [4.78, 5) is 68.3. The molecular weight excluding hydrogens is 542 g/mol. The highest BCUT2D eigenvalue weighted by Crippen LogP contribution is 2.38. The molecule has 3 N–H and O–H groups in total. The number of esters is 3. The Morgan fingerprint density at radius 1 is 0.900 bits per heavy atom. The monoisotopic (exact) mass is 571 g/mol. The summed E-state index contributed by atoms with van der Waals surface area (Å²) in [5.74, 6) is -6.86. The van der Waals surface area contributed by atoms with Crippen molar-refractivity contribution in [1.82, 2.24) is 0 Å². The van der Waals surface area contributed by atoms with Gasteiger partial charge in [0.15, 0.2) is 5.76 Å². The van der Waals surface area contributed by atoms with Crippen molar-refractivity contribution in [2.24, 2.45) is 17.0 Å². The van der Waals surface area contributed by atoms with Gasteiger partial charge in [0.05, 0.1) is 31.5 Å². The van der Waals surface area contributed by atoms with Crippen LogP contribution in [-0.4, -0.2) is 82.6 Å². The van der Waals surface area contributed by atoms with E-state index in [1.54, 1.807) is 0 Å². The number of hydrogen-bond acceptors (Lipinski definition) is 12. The van der Waals surface area contributed by atoms with E-state index >= 15 is 0 Å². The van der Waals surface area contributed by atoms with Gasteiger partial charge in [-0.2, -0.15) is 0 Å². The highest BCUT2D eigenvalue weighted by molar-refractivity contribution is 5.70. The first-order chi connectivity index (χ1) is 18.7. The second-order valence-corrected chi connectivity index (χ2v) is 8.46. The number of carboxylic acids is 3. The Hall–Kier alpha value is -4.63.